The van der Waals surface area contributed by atoms with Crippen molar-refractivity contribution in [3.63, 3.8) is 0 Å². The molecule has 0 aromatic heterocycles. The van der Waals surface area contributed by atoms with Gasteiger partial charge >= 0.3 is 1140 Å². The average molecular weight is 10800 g/mol. The van der Waals surface area contributed by atoms with Crippen LogP contribution in [0.5, 0.6) is 0 Å². The van der Waals surface area contributed by atoms with E-state index in [0.717, 1.165) is 0 Å². The first-order valence-electron chi connectivity index (χ1n) is 12.0. The van der Waals surface area contributed by atoms with Crippen LogP contribution in [-0.4, -0.2) is 0 Å². The fourth-order valence-corrected chi connectivity index (χ4v) is 16600. The zero-order valence-corrected chi connectivity index (χ0v) is 216. The van der Waals surface area contributed by atoms with E-state index < -0.39 is 324 Å². The topological polar surface area (TPSA) is 0 Å². The summed E-state index contributed by atoms with van der Waals surface area (Å²) >= 11 is 145. The van der Waals surface area contributed by atoms with E-state index >= 15 is 0 Å². The van der Waals surface area contributed by atoms with Crippen molar-refractivity contribution in [2.45, 2.75) is 0 Å². The number of rotatable bonds is 41. The second-order valence-corrected chi connectivity index (χ2v) is 2020. The van der Waals surface area contributed by atoms with E-state index in [1.165, 1.54) is 0 Å². The maximum atomic E-state index is 3.47. The van der Waals surface area contributed by atoms with Gasteiger partial charge in [0.1, 0.15) is 0 Å². The van der Waals surface area contributed by atoms with Gasteiger partial charge in [-0.2, -0.15) is 0 Å². The molecule has 0 aliphatic carbocycles. The van der Waals surface area contributed by atoms with Crippen LogP contribution in [0.3, 0.4) is 0 Å². The second-order valence-electron chi connectivity index (χ2n) is 6.70. The summed E-state index contributed by atoms with van der Waals surface area (Å²) in [6.45, 7) is 0. The molecule has 0 radical (unpaired) electrons. The monoisotopic (exact) mass is 10800 g/mol. The van der Waals surface area contributed by atoms with Gasteiger partial charge in [0, 0.05) is 0 Å². The minimum atomic E-state index is -0.644. The van der Waals surface area contributed by atoms with Crippen LogP contribution >= 0.6 is 1120 Å². The van der Waals surface area contributed by atoms with Crippen LogP contribution in [0.2, 0.25) is 0 Å². The van der Waals surface area contributed by atoms with Crippen molar-refractivity contribution in [1.29, 1.82) is 0 Å². The van der Waals surface area contributed by atoms with E-state index in [9.17, 15) is 0 Å². The summed E-state index contributed by atoms with van der Waals surface area (Å²) in [5, 5.41) is 0. The fraction of sp³-hybridized carbons (Fsp3) is 0. The Balaban J connectivity index is 5.83. The first-order valence-corrected chi connectivity index (χ1v) is 540. The van der Waals surface area contributed by atoms with Crippen LogP contribution in [0.25, 0.3) is 0 Å². The molecule has 85 heteroatoms. The maximum absolute atomic E-state index is 3.47. The molecule has 0 fully saturated rings. The molecule has 0 spiro atoms. The van der Waals surface area contributed by atoms with Crippen LogP contribution in [0.4, 0.5) is 0 Å². The molecule has 596 valence electrons. The van der Waals surface area contributed by atoms with Crippen molar-refractivity contribution in [1.82, 2.24) is 0 Å². The minimum absolute atomic E-state index is 0.418. The summed E-state index contributed by atoms with van der Waals surface area (Å²) in [7, 11) is -24.3. The molecule has 0 aromatic rings. The van der Waals surface area contributed by atoms with Gasteiger partial charge in [0.2, 0.25) is 0 Å². The number of hydrogen-bond acceptors (Lipinski definition) is 0. The Kier molecular flexibility index (Phi) is 154. The van der Waals surface area contributed by atoms with Crippen LogP contribution in [0.15, 0.2) is 0 Å². The van der Waals surface area contributed by atoms with E-state index in [4.69, 9.17) is 0 Å². The Morgan fingerprint density at radius 2 is 0.176 bits per heavy atom. The van der Waals surface area contributed by atoms with Crippen LogP contribution in [0, 0.1) is 0 Å². The van der Waals surface area contributed by atoms with Crippen molar-refractivity contribution in [2.24, 2.45) is 0 Å². The van der Waals surface area contributed by atoms with Crippen LogP contribution in [-0.2, 0) is 0 Å². The van der Waals surface area contributed by atoms with Gasteiger partial charge in [-0.3, -0.25) is 0 Å². The summed E-state index contributed by atoms with van der Waals surface area (Å²) in [6.07, 6.45) is 0. The standard InChI is InChI=1S/I85/c1-44-46(4)48(6)50(8)52(10)54(12)56(14)58(16)60(18)62(20)64(22)66(24)68(26)70(28)72(30)74(32)76(34)78(36)80(38)82(40)84(42)85(43)83(41)81(39)79(37)77(35)75(33)73(31)71(29)69(27)67(25)65(23)63(21)61(19)59(17)57(15)55(13)53(11)51(9)49(7)47(5)45(2)3/q-1. The molecule has 0 aliphatic rings. The molecule has 0 atom stereocenters. The van der Waals surface area contributed by atoms with Gasteiger partial charge < -0.3 is 0 Å². The Morgan fingerprint density at radius 1 is 0.106 bits per heavy atom. The van der Waals surface area contributed by atoms with Gasteiger partial charge in [-0.05, 0) is 0 Å². The first-order chi connectivity index (χ1) is 38.7. The third-order valence-electron chi connectivity index (χ3n) is 3.31. The molecule has 0 saturated heterocycles. The van der Waals surface area contributed by atoms with Crippen LogP contribution < -0.4 is 13.3 Å². The molecule has 0 heterocycles. The summed E-state index contributed by atoms with van der Waals surface area (Å²) in [5.74, 6) is 0. The molecular formula is I85-. The molecule has 0 bridgehead atoms. The molecule has 0 aromatic carbocycles. The molecule has 0 saturated carbocycles. The third-order valence-corrected chi connectivity index (χ3v) is 6690. The van der Waals surface area contributed by atoms with Gasteiger partial charge in [0.25, 0.3) is 0 Å². The molecular weight excluding hydrogens is 10800 g/mol. The molecule has 0 rings (SSSR count). The van der Waals surface area contributed by atoms with Gasteiger partial charge in [-0.25, -0.2) is 0 Å². The van der Waals surface area contributed by atoms with E-state index in [1.807, 2.05) is 0 Å². The van der Waals surface area contributed by atoms with E-state index in [2.05, 4.69) is 800 Å². The molecule has 0 N–H and O–H groups in total. The molecule has 0 unspecified atom stereocenters. The van der Waals surface area contributed by atoms with Gasteiger partial charge in [0.05, 0.1) is 0 Å². The van der Waals surface area contributed by atoms with Crippen molar-refractivity contribution in [2.75, 3.05) is 0 Å². The van der Waals surface area contributed by atoms with Gasteiger partial charge in [-0.15, -0.1) is 0 Å². The third kappa shape index (κ3) is 60.4. The van der Waals surface area contributed by atoms with Crippen LogP contribution in [0.1, 0.15) is 0 Å². The quantitative estimate of drug-likeness (QED) is 0.0535. The fourth-order valence-electron chi connectivity index (χ4n) is 1.22. The van der Waals surface area contributed by atoms with Crippen molar-refractivity contribution < 1.29 is 13.3 Å². The normalized spacial score (nSPS) is 19.1. The van der Waals surface area contributed by atoms with E-state index in [1.54, 1.807) is 0 Å². The number of halogens is 85. The predicted molar refractivity (Wildman–Crippen MR) is 1180 cm³/mol. The molecule has 85 heavy (non-hydrogen) atoms. The van der Waals surface area contributed by atoms with Crippen molar-refractivity contribution in [3.05, 3.63) is 0 Å². The zero-order chi connectivity index (χ0) is 67.4. The van der Waals surface area contributed by atoms with Crippen molar-refractivity contribution >= 4 is 1120 Å². The number of hydrogen-bond donors (Lipinski definition) is 0. The summed E-state index contributed by atoms with van der Waals surface area (Å²) < 4.78 is 0. The predicted octanol–water partition coefficient (Wildman–Crippen LogP) is 71.4. The Morgan fingerprint density at radius 3 is 0.247 bits per heavy atom. The summed E-state index contributed by atoms with van der Waals surface area (Å²) in [4.78, 5) is 0. The Bertz CT molecular complexity index is 1720. The molecule has 0 nitrogen and oxygen atoms in total. The molecule has 0 aliphatic heterocycles. The zero-order valence-electron chi connectivity index (χ0n) is 32.1. The van der Waals surface area contributed by atoms with E-state index in [0.29, 0.717) is 13.3 Å². The van der Waals surface area contributed by atoms with Crippen molar-refractivity contribution in [3.8, 4) is 0 Å². The Hall–Kier alpha value is 62.0. The Labute approximate surface area is 1070 Å². The molecule has 0 amide bonds. The first kappa shape index (κ1) is 147. The SMILES string of the molecule is I[I-]I(I)I(I)I(I)I(I)I(I)I(I)I(I)I(I)I(I)I(I)I(I)I(I)I(I)I(I)I(I)I(I)I(I)I(I)I(I)I(I)I(I)I(I)I(I)I(I)I(I)I(I)I(I)I(I)I(I)I(I)I(I)I(I)I(I)I(I)I(I)I(I)I(I)I(I)I(I)I(I)I(I)I. The summed E-state index contributed by atoms with van der Waals surface area (Å²) in [5.41, 5.74) is 0. The summed E-state index contributed by atoms with van der Waals surface area (Å²) in [6, 6.07) is 0. The second kappa shape index (κ2) is 88.8. The van der Waals surface area contributed by atoms with Gasteiger partial charge in [-0.1, -0.05) is 0 Å². The van der Waals surface area contributed by atoms with E-state index in [-0.39, 0.29) is 0 Å². The average Bonchev–Trinajstić information content (AvgIpc) is 3.21. The van der Waals surface area contributed by atoms with Gasteiger partial charge in [0.15, 0.2) is 0 Å².